The van der Waals surface area contributed by atoms with Crippen LogP contribution in [0.2, 0.25) is 0 Å². The fourth-order valence-corrected chi connectivity index (χ4v) is 5.29. The minimum Gasteiger partial charge on any atom is -0.354 e. The molecule has 1 aromatic carbocycles. The second kappa shape index (κ2) is 10.6. The molecule has 0 spiro atoms. The van der Waals surface area contributed by atoms with E-state index in [4.69, 9.17) is 5.73 Å². The van der Waals surface area contributed by atoms with Crippen LogP contribution < -0.4 is 15.8 Å². The molecule has 2 fully saturated rings. The van der Waals surface area contributed by atoms with Crippen molar-refractivity contribution in [1.29, 1.82) is 0 Å². The Hall–Kier alpha value is -1.97. The van der Waals surface area contributed by atoms with E-state index >= 15 is 0 Å². The minimum atomic E-state index is -3.50. The summed E-state index contributed by atoms with van der Waals surface area (Å²) in [4.78, 5) is 27.5. The van der Waals surface area contributed by atoms with Crippen LogP contribution in [-0.2, 0) is 19.6 Å². The average Bonchev–Trinajstić information content (AvgIpc) is 3.22. The van der Waals surface area contributed by atoms with Gasteiger partial charge in [-0.1, -0.05) is 30.3 Å². The zero-order valence-corrected chi connectivity index (χ0v) is 18.9. The summed E-state index contributed by atoms with van der Waals surface area (Å²) in [5.74, 6) is 0.107. The van der Waals surface area contributed by atoms with Crippen molar-refractivity contribution in [1.82, 2.24) is 14.9 Å². The predicted molar refractivity (Wildman–Crippen MR) is 119 cm³/mol. The van der Waals surface area contributed by atoms with E-state index in [9.17, 15) is 18.0 Å². The first kappa shape index (κ1) is 23.7. The summed E-state index contributed by atoms with van der Waals surface area (Å²) >= 11 is 0. The summed E-state index contributed by atoms with van der Waals surface area (Å²) in [6, 6.07) is 8.15. The van der Waals surface area contributed by atoms with Crippen molar-refractivity contribution in [2.45, 2.75) is 63.1 Å². The standard InChI is InChI=1S/C22H34N4O4S/c1-31(29,30)25-19(17-6-3-2-4-7-17)14-21(27)26-13-5-8-20(26)22(28)24-15-16-9-11-18(23)12-10-16/h2-4,6-7,16,18-20,25H,5,8-15,23H2,1H3,(H,24,28)/t16?,18?,19-,20-/m0/s1. The van der Waals surface area contributed by atoms with Gasteiger partial charge in [0, 0.05) is 25.6 Å². The van der Waals surface area contributed by atoms with Crippen molar-refractivity contribution in [3.63, 3.8) is 0 Å². The van der Waals surface area contributed by atoms with Crippen LogP contribution in [0.15, 0.2) is 30.3 Å². The highest BCUT2D eigenvalue weighted by atomic mass is 32.2. The number of carbonyl (C=O) groups is 2. The van der Waals surface area contributed by atoms with Crippen LogP contribution in [0.4, 0.5) is 0 Å². The Labute approximate surface area is 185 Å². The molecule has 0 bridgehead atoms. The van der Waals surface area contributed by atoms with Crippen LogP contribution in [0.1, 0.15) is 56.6 Å². The number of hydrogen-bond donors (Lipinski definition) is 3. The molecule has 0 radical (unpaired) electrons. The van der Waals surface area contributed by atoms with Crippen LogP contribution in [0.25, 0.3) is 0 Å². The number of hydrogen-bond acceptors (Lipinski definition) is 5. The maximum absolute atomic E-state index is 13.1. The molecule has 4 N–H and O–H groups in total. The fourth-order valence-electron chi connectivity index (χ4n) is 4.56. The van der Waals surface area contributed by atoms with Crippen LogP contribution >= 0.6 is 0 Å². The molecule has 1 saturated heterocycles. The van der Waals surface area contributed by atoms with Gasteiger partial charge in [0.05, 0.1) is 12.3 Å². The summed E-state index contributed by atoms with van der Waals surface area (Å²) in [6.45, 7) is 1.13. The van der Waals surface area contributed by atoms with E-state index in [2.05, 4.69) is 10.0 Å². The summed E-state index contributed by atoms with van der Waals surface area (Å²) in [6.07, 6.45) is 6.46. The Morgan fingerprint density at radius 2 is 1.81 bits per heavy atom. The SMILES string of the molecule is CS(=O)(=O)N[C@@H](CC(=O)N1CCC[C@H]1C(=O)NCC1CCC(N)CC1)c1ccccc1. The minimum absolute atomic E-state index is 0.0264. The Morgan fingerprint density at radius 3 is 2.45 bits per heavy atom. The number of rotatable bonds is 8. The maximum atomic E-state index is 13.1. The molecule has 0 unspecified atom stereocenters. The molecule has 1 saturated carbocycles. The molecule has 31 heavy (non-hydrogen) atoms. The summed E-state index contributed by atoms with van der Waals surface area (Å²) in [7, 11) is -3.50. The number of likely N-dealkylation sites (tertiary alicyclic amines) is 1. The highest BCUT2D eigenvalue weighted by molar-refractivity contribution is 7.88. The Balaban J connectivity index is 1.60. The molecule has 1 aliphatic carbocycles. The van der Waals surface area contributed by atoms with E-state index in [1.165, 1.54) is 0 Å². The quantitative estimate of drug-likeness (QED) is 0.551. The lowest BCUT2D eigenvalue weighted by atomic mass is 9.86. The lowest BCUT2D eigenvalue weighted by Crippen LogP contribution is -2.48. The van der Waals surface area contributed by atoms with Gasteiger partial charge in [-0.05, 0) is 50.0 Å². The zero-order valence-electron chi connectivity index (χ0n) is 18.1. The van der Waals surface area contributed by atoms with Crippen molar-refractivity contribution in [2.24, 2.45) is 11.7 Å². The van der Waals surface area contributed by atoms with Crippen molar-refractivity contribution in [3.8, 4) is 0 Å². The third-order valence-electron chi connectivity index (χ3n) is 6.27. The monoisotopic (exact) mass is 450 g/mol. The smallest absolute Gasteiger partial charge is 0.242 e. The third kappa shape index (κ3) is 7.02. The normalized spacial score (nSPS) is 25.2. The highest BCUT2D eigenvalue weighted by Gasteiger charge is 2.35. The topological polar surface area (TPSA) is 122 Å². The first-order chi connectivity index (χ1) is 14.7. The lowest BCUT2D eigenvalue weighted by Gasteiger charge is -2.29. The molecule has 2 aliphatic rings. The molecule has 9 heteroatoms. The molecular formula is C22H34N4O4S. The van der Waals surface area contributed by atoms with Gasteiger partial charge in [0.1, 0.15) is 6.04 Å². The number of nitrogens with zero attached hydrogens (tertiary/aromatic N) is 1. The van der Waals surface area contributed by atoms with Crippen molar-refractivity contribution in [3.05, 3.63) is 35.9 Å². The second-order valence-electron chi connectivity index (χ2n) is 8.83. The van der Waals surface area contributed by atoms with Gasteiger partial charge >= 0.3 is 0 Å². The molecule has 2 atom stereocenters. The highest BCUT2D eigenvalue weighted by Crippen LogP contribution is 2.25. The number of nitrogens with two attached hydrogens (primary N) is 1. The third-order valence-corrected chi connectivity index (χ3v) is 6.98. The fraction of sp³-hybridized carbons (Fsp3) is 0.636. The molecule has 1 aliphatic heterocycles. The first-order valence-electron chi connectivity index (χ1n) is 11.1. The average molecular weight is 451 g/mol. The Morgan fingerprint density at radius 1 is 1.13 bits per heavy atom. The van der Waals surface area contributed by atoms with Crippen molar-refractivity contribution < 1.29 is 18.0 Å². The number of sulfonamides is 1. The van der Waals surface area contributed by atoms with Gasteiger partial charge < -0.3 is 16.0 Å². The number of nitrogens with one attached hydrogen (secondary N) is 2. The summed E-state index contributed by atoms with van der Waals surface area (Å²) in [5, 5.41) is 3.03. The van der Waals surface area contributed by atoms with Crippen LogP contribution in [0, 0.1) is 5.92 Å². The molecule has 172 valence electrons. The van der Waals surface area contributed by atoms with E-state index in [0.29, 0.717) is 25.4 Å². The van der Waals surface area contributed by atoms with Crippen LogP contribution in [0.5, 0.6) is 0 Å². The van der Waals surface area contributed by atoms with Gasteiger partial charge in [0.2, 0.25) is 21.8 Å². The molecule has 1 heterocycles. The van der Waals surface area contributed by atoms with Crippen LogP contribution in [0.3, 0.4) is 0 Å². The van der Waals surface area contributed by atoms with Crippen LogP contribution in [-0.4, -0.2) is 56.6 Å². The predicted octanol–water partition coefficient (Wildman–Crippen LogP) is 1.29. The second-order valence-corrected chi connectivity index (χ2v) is 10.6. The molecular weight excluding hydrogens is 416 g/mol. The van der Waals surface area contributed by atoms with E-state index in [1.807, 2.05) is 6.07 Å². The van der Waals surface area contributed by atoms with E-state index in [-0.39, 0.29) is 24.3 Å². The molecule has 0 aromatic heterocycles. The molecule has 1 aromatic rings. The van der Waals surface area contributed by atoms with Crippen molar-refractivity contribution in [2.75, 3.05) is 19.3 Å². The van der Waals surface area contributed by atoms with Gasteiger partial charge in [-0.15, -0.1) is 0 Å². The number of benzene rings is 1. The Bertz CT molecular complexity index is 854. The van der Waals surface area contributed by atoms with Gasteiger partial charge in [0.25, 0.3) is 0 Å². The largest absolute Gasteiger partial charge is 0.354 e. The zero-order chi connectivity index (χ0) is 22.4. The van der Waals surface area contributed by atoms with Gasteiger partial charge in [-0.3, -0.25) is 9.59 Å². The van der Waals surface area contributed by atoms with Crippen molar-refractivity contribution >= 4 is 21.8 Å². The number of carbonyl (C=O) groups excluding carboxylic acids is 2. The maximum Gasteiger partial charge on any atom is 0.242 e. The lowest BCUT2D eigenvalue weighted by molar-refractivity contribution is -0.138. The molecule has 2 amide bonds. The van der Waals surface area contributed by atoms with E-state index < -0.39 is 22.1 Å². The van der Waals surface area contributed by atoms with Gasteiger partial charge in [-0.25, -0.2) is 13.1 Å². The Kier molecular flexibility index (Phi) is 8.07. The first-order valence-corrected chi connectivity index (χ1v) is 13.0. The van der Waals surface area contributed by atoms with E-state index in [1.54, 1.807) is 29.2 Å². The van der Waals surface area contributed by atoms with Gasteiger partial charge in [-0.2, -0.15) is 0 Å². The molecule has 3 rings (SSSR count). The summed E-state index contributed by atoms with van der Waals surface area (Å²) < 4.78 is 26.2. The molecule has 8 nitrogen and oxygen atoms in total. The number of amides is 2. The van der Waals surface area contributed by atoms with E-state index in [0.717, 1.165) is 43.9 Å². The summed E-state index contributed by atoms with van der Waals surface area (Å²) in [5.41, 5.74) is 6.67. The van der Waals surface area contributed by atoms with Gasteiger partial charge in [0.15, 0.2) is 0 Å².